The first-order chi connectivity index (χ1) is 13.6. The van der Waals surface area contributed by atoms with Crippen LogP contribution in [-0.2, 0) is 4.74 Å². The highest BCUT2D eigenvalue weighted by Crippen LogP contribution is 2.18. The highest BCUT2D eigenvalue weighted by molar-refractivity contribution is 5.93. The van der Waals surface area contributed by atoms with Crippen LogP contribution in [0.25, 0.3) is 16.7 Å². The first-order valence-electron chi connectivity index (χ1n) is 8.47. The highest BCUT2D eigenvalue weighted by Gasteiger charge is 2.11. The van der Waals surface area contributed by atoms with E-state index in [0.717, 1.165) is 0 Å². The van der Waals surface area contributed by atoms with Crippen LogP contribution < -0.4 is 4.74 Å². The van der Waals surface area contributed by atoms with E-state index in [2.05, 4.69) is 10.2 Å². The maximum Gasteiger partial charge on any atom is 0.343 e. The second-order valence-electron chi connectivity index (χ2n) is 5.93. The van der Waals surface area contributed by atoms with E-state index >= 15 is 0 Å². The summed E-state index contributed by atoms with van der Waals surface area (Å²) in [4.78, 5) is 25.2. The molecule has 0 aliphatic rings. The predicted molar refractivity (Wildman–Crippen MR) is 102 cm³/mol. The van der Waals surface area contributed by atoms with Crippen LogP contribution in [0.1, 0.15) is 20.7 Å². The van der Waals surface area contributed by atoms with Gasteiger partial charge in [0.2, 0.25) is 0 Å². The number of carbonyl (C=O) groups excluding carboxylic acids is 2. The van der Waals surface area contributed by atoms with E-state index in [0.29, 0.717) is 33.6 Å². The molecule has 0 unspecified atom stereocenters. The first-order valence-corrected chi connectivity index (χ1v) is 8.47. The standard InChI is InChI=1S/C21H15N3O4/c1-27-20(25)15-7-12-18-19(13-15)23-24(22-18)16-8-10-17(11-9-16)28-21(26)14-5-3-2-4-6-14/h2-13H,1H3. The number of carbonyl (C=O) groups is 2. The lowest BCUT2D eigenvalue weighted by atomic mass is 10.2. The zero-order chi connectivity index (χ0) is 19.5. The number of ether oxygens (including phenoxy) is 2. The molecule has 28 heavy (non-hydrogen) atoms. The zero-order valence-electron chi connectivity index (χ0n) is 14.9. The fourth-order valence-electron chi connectivity index (χ4n) is 2.66. The van der Waals surface area contributed by atoms with E-state index in [9.17, 15) is 9.59 Å². The molecule has 3 aromatic carbocycles. The van der Waals surface area contributed by atoms with Crippen LogP contribution >= 0.6 is 0 Å². The Morgan fingerprint density at radius 1 is 0.786 bits per heavy atom. The first kappa shape index (κ1) is 17.4. The third-order valence-electron chi connectivity index (χ3n) is 4.09. The molecular formula is C21H15N3O4. The lowest BCUT2D eigenvalue weighted by molar-refractivity contribution is 0.0600. The molecule has 4 rings (SSSR count). The number of fused-ring (bicyclic) bond motifs is 1. The van der Waals surface area contributed by atoms with E-state index < -0.39 is 11.9 Å². The molecule has 4 aromatic rings. The molecule has 0 atom stereocenters. The van der Waals surface area contributed by atoms with E-state index in [-0.39, 0.29) is 0 Å². The quantitative estimate of drug-likeness (QED) is 0.403. The van der Waals surface area contributed by atoms with Gasteiger partial charge < -0.3 is 9.47 Å². The minimum absolute atomic E-state index is 0.408. The van der Waals surface area contributed by atoms with Crippen molar-refractivity contribution in [1.29, 1.82) is 0 Å². The van der Waals surface area contributed by atoms with Gasteiger partial charge >= 0.3 is 11.9 Å². The molecule has 1 aromatic heterocycles. The SMILES string of the molecule is COC(=O)c1ccc2nn(-c3ccc(OC(=O)c4ccccc4)cc3)nc2c1. The molecule has 0 spiro atoms. The van der Waals surface area contributed by atoms with E-state index in [1.54, 1.807) is 66.7 Å². The molecule has 0 N–H and O–H groups in total. The van der Waals surface area contributed by atoms with Gasteiger partial charge in [0, 0.05) is 0 Å². The Labute approximate surface area is 160 Å². The third kappa shape index (κ3) is 3.45. The normalized spacial score (nSPS) is 10.6. The number of nitrogens with zero attached hydrogens (tertiary/aromatic N) is 3. The topological polar surface area (TPSA) is 83.3 Å². The summed E-state index contributed by atoms with van der Waals surface area (Å²) in [6, 6.07) is 20.6. The summed E-state index contributed by atoms with van der Waals surface area (Å²) in [5.74, 6) is -0.435. The molecule has 0 aliphatic carbocycles. The van der Waals surface area contributed by atoms with E-state index in [1.165, 1.54) is 11.9 Å². The fraction of sp³-hybridized carbons (Fsp3) is 0.0476. The van der Waals surface area contributed by atoms with Gasteiger partial charge in [-0.05, 0) is 54.6 Å². The summed E-state index contributed by atoms with van der Waals surface area (Å²) in [6.07, 6.45) is 0. The van der Waals surface area contributed by atoms with Gasteiger partial charge in [0.05, 0.1) is 23.9 Å². The highest BCUT2D eigenvalue weighted by atomic mass is 16.5. The van der Waals surface area contributed by atoms with E-state index in [4.69, 9.17) is 9.47 Å². The average molecular weight is 373 g/mol. The van der Waals surface area contributed by atoms with E-state index in [1.807, 2.05) is 6.07 Å². The summed E-state index contributed by atoms with van der Waals surface area (Å²) in [6.45, 7) is 0. The van der Waals surface area contributed by atoms with Crippen LogP contribution in [0.2, 0.25) is 0 Å². The molecule has 1 heterocycles. The number of aromatic nitrogens is 3. The van der Waals surface area contributed by atoms with Crippen LogP contribution in [0.15, 0.2) is 72.8 Å². The molecule has 7 heteroatoms. The lowest BCUT2D eigenvalue weighted by Gasteiger charge is -2.05. The van der Waals surface area contributed by atoms with Crippen molar-refractivity contribution in [3.05, 3.63) is 83.9 Å². The number of hydrogen-bond donors (Lipinski definition) is 0. The van der Waals surface area contributed by atoms with Gasteiger partial charge in [0.15, 0.2) is 0 Å². The molecule has 0 saturated carbocycles. The smallest absolute Gasteiger partial charge is 0.343 e. The Morgan fingerprint density at radius 3 is 2.21 bits per heavy atom. The summed E-state index contributed by atoms with van der Waals surface area (Å²) in [5, 5.41) is 8.78. The van der Waals surface area contributed by atoms with Crippen LogP contribution in [-0.4, -0.2) is 34.0 Å². The summed E-state index contributed by atoms with van der Waals surface area (Å²) < 4.78 is 10.1. The molecule has 0 fully saturated rings. The molecular weight excluding hydrogens is 358 g/mol. The fourth-order valence-corrected chi connectivity index (χ4v) is 2.66. The molecule has 0 amide bonds. The number of hydrogen-bond acceptors (Lipinski definition) is 6. The van der Waals surface area contributed by atoms with Crippen molar-refractivity contribution >= 4 is 23.0 Å². The third-order valence-corrected chi connectivity index (χ3v) is 4.09. The minimum atomic E-state index is -0.430. The van der Waals surface area contributed by atoms with Crippen LogP contribution in [0.3, 0.4) is 0 Å². The van der Waals surface area contributed by atoms with Crippen molar-refractivity contribution in [1.82, 2.24) is 15.0 Å². The van der Waals surface area contributed by atoms with Crippen LogP contribution in [0, 0.1) is 0 Å². The van der Waals surface area contributed by atoms with Crippen LogP contribution in [0.5, 0.6) is 5.75 Å². The summed E-state index contributed by atoms with van der Waals surface area (Å²) >= 11 is 0. The number of rotatable bonds is 4. The van der Waals surface area contributed by atoms with Crippen molar-refractivity contribution in [3.63, 3.8) is 0 Å². The zero-order valence-corrected chi connectivity index (χ0v) is 14.9. The van der Waals surface area contributed by atoms with Gasteiger partial charge in [0.1, 0.15) is 16.8 Å². The van der Waals surface area contributed by atoms with Gasteiger partial charge in [-0.2, -0.15) is 4.80 Å². The van der Waals surface area contributed by atoms with Crippen molar-refractivity contribution in [2.75, 3.05) is 7.11 Å². The van der Waals surface area contributed by atoms with Gasteiger partial charge in [-0.1, -0.05) is 18.2 Å². The largest absolute Gasteiger partial charge is 0.465 e. The Bertz CT molecular complexity index is 1150. The molecule has 0 radical (unpaired) electrons. The van der Waals surface area contributed by atoms with Gasteiger partial charge in [-0.25, -0.2) is 9.59 Å². The number of benzene rings is 3. The molecule has 0 aliphatic heterocycles. The predicted octanol–water partition coefficient (Wildman–Crippen LogP) is 3.43. The Balaban J connectivity index is 1.55. The molecule has 7 nitrogen and oxygen atoms in total. The lowest BCUT2D eigenvalue weighted by Crippen LogP contribution is -2.08. The summed E-state index contributed by atoms with van der Waals surface area (Å²) in [7, 11) is 1.33. The second kappa shape index (κ2) is 7.32. The van der Waals surface area contributed by atoms with Gasteiger partial charge in [-0.15, -0.1) is 10.2 Å². The van der Waals surface area contributed by atoms with Crippen LogP contribution in [0.4, 0.5) is 0 Å². The van der Waals surface area contributed by atoms with Crippen molar-refractivity contribution in [2.45, 2.75) is 0 Å². The van der Waals surface area contributed by atoms with Crippen molar-refractivity contribution in [2.24, 2.45) is 0 Å². The molecule has 0 bridgehead atoms. The van der Waals surface area contributed by atoms with Gasteiger partial charge in [-0.3, -0.25) is 0 Å². The maximum atomic E-state index is 12.1. The number of esters is 2. The Morgan fingerprint density at radius 2 is 1.50 bits per heavy atom. The van der Waals surface area contributed by atoms with Crippen molar-refractivity contribution < 1.29 is 19.1 Å². The van der Waals surface area contributed by atoms with Crippen molar-refractivity contribution in [3.8, 4) is 11.4 Å². The maximum absolute atomic E-state index is 12.1. The Hall–Kier alpha value is -4.00. The monoisotopic (exact) mass is 373 g/mol. The molecule has 0 saturated heterocycles. The van der Waals surface area contributed by atoms with Gasteiger partial charge in [0.25, 0.3) is 0 Å². The number of methoxy groups -OCH3 is 1. The average Bonchev–Trinajstić information content (AvgIpc) is 3.17. The second-order valence-corrected chi connectivity index (χ2v) is 5.93. The summed E-state index contributed by atoms with van der Waals surface area (Å²) in [5.41, 5.74) is 2.79. The Kier molecular flexibility index (Phi) is 4.55. The minimum Gasteiger partial charge on any atom is -0.465 e. The molecule has 138 valence electrons.